The van der Waals surface area contributed by atoms with Crippen molar-refractivity contribution >= 4 is 11.7 Å². The van der Waals surface area contributed by atoms with E-state index in [0.29, 0.717) is 0 Å². The van der Waals surface area contributed by atoms with Crippen molar-refractivity contribution in [1.29, 1.82) is 0 Å². The molecule has 20 heavy (non-hydrogen) atoms. The molecule has 0 bridgehead atoms. The lowest BCUT2D eigenvalue weighted by Gasteiger charge is -2.08. The molecule has 0 fully saturated rings. The van der Waals surface area contributed by atoms with E-state index in [1.54, 1.807) is 0 Å². The van der Waals surface area contributed by atoms with Crippen molar-refractivity contribution in [2.75, 3.05) is 5.32 Å². The third kappa shape index (κ3) is 3.09. The van der Waals surface area contributed by atoms with Gasteiger partial charge in [0.2, 0.25) is 0 Å². The van der Waals surface area contributed by atoms with Crippen LogP contribution in [0.1, 0.15) is 15.9 Å². The molecule has 0 saturated carbocycles. The van der Waals surface area contributed by atoms with E-state index in [1.165, 1.54) is 6.07 Å². The molecule has 2 N–H and O–H groups in total. The monoisotopic (exact) mass is 281 g/mol. The molecule has 3 nitrogen and oxygen atoms in total. The summed E-state index contributed by atoms with van der Waals surface area (Å²) in [5, 5.41) is 11.4. The van der Waals surface area contributed by atoms with Gasteiger partial charge in [-0.15, -0.1) is 0 Å². The largest absolute Gasteiger partial charge is 0.478 e. The Labute approximate surface area is 112 Å². The topological polar surface area (TPSA) is 49.3 Å². The average molecular weight is 281 g/mol. The fourth-order valence-electron chi connectivity index (χ4n) is 1.67. The molecule has 104 valence electrons. The normalized spacial score (nSPS) is 10.3. The number of aromatic carboxylic acids is 1. The van der Waals surface area contributed by atoms with Crippen LogP contribution in [0, 0.1) is 17.5 Å². The Morgan fingerprint density at radius 3 is 2.45 bits per heavy atom. The second-order valence-corrected chi connectivity index (χ2v) is 4.09. The van der Waals surface area contributed by atoms with E-state index in [2.05, 4.69) is 5.32 Å². The Bertz CT molecular complexity index is 659. The van der Waals surface area contributed by atoms with Crippen molar-refractivity contribution in [3.63, 3.8) is 0 Å². The zero-order chi connectivity index (χ0) is 14.7. The summed E-state index contributed by atoms with van der Waals surface area (Å²) in [7, 11) is 0. The molecule has 0 amide bonds. The second-order valence-electron chi connectivity index (χ2n) is 4.09. The molecule has 0 aromatic heterocycles. The third-order valence-electron chi connectivity index (χ3n) is 2.69. The van der Waals surface area contributed by atoms with Crippen LogP contribution < -0.4 is 5.32 Å². The fraction of sp³-hybridized carbons (Fsp3) is 0.0714. The smallest absolute Gasteiger partial charge is 0.338 e. The third-order valence-corrected chi connectivity index (χ3v) is 2.69. The Balaban J connectivity index is 2.13. The molecular weight excluding hydrogens is 271 g/mol. The molecular formula is C14H10F3NO2. The molecule has 0 atom stereocenters. The Kier molecular flexibility index (Phi) is 3.93. The number of rotatable bonds is 4. The first-order valence-corrected chi connectivity index (χ1v) is 5.68. The molecule has 2 rings (SSSR count). The lowest BCUT2D eigenvalue weighted by atomic mass is 10.1. The van der Waals surface area contributed by atoms with Gasteiger partial charge < -0.3 is 10.4 Å². The summed E-state index contributed by atoms with van der Waals surface area (Å²) in [5.41, 5.74) is -0.0867. The van der Waals surface area contributed by atoms with E-state index in [9.17, 15) is 18.0 Å². The predicted molar refractivity (Wildman–Crippen MR) is 67.0 cm³/mol. The average Bonchev–Trinajstić information content (AvgIpc) is 2.39. The van der Waals surface area contributed by atoms with Crippen LogP contribution in [0.4, 0.5) is 18.9 Å². The van der Waals surface area contributed by atoms with Crippen molar-refractivity contribution in [1.82, 2.24) is 0 Å². The van der Waals surface area contributed by atoms with E-state index < -0.39 is 29.0 Å². The van der Waals surface area contributed by atoms with Crippen LogP contribution in [0.2, 0.25) is 0 Å². The minimum atomic E-state index is -1.37. The van der Waals surface area contributed by atoms with Crippen LogP contribution in [0.15, 0.2) is 36.4 Å². The maximum Gasteiger partial charge on any atom is 0.338 e. The molecule has 2 aromatic carbocycles. The van der Waals surface area contributed by atoms with Gasteiger partial charge in [-0.1, -0.05) is 0 Å². The van der Waals surface area contributed by atoms with Crippen LogP contribution in [-0.2, 0) is 6.54 Å². The highest BCUT2D eigenvalue weighted by molar-refractivity contribution is 5.88. The van der Waals surface area contributed by atoms with Crippen LogP contribution >= 0.6 is 0 Å². The standard InChI is InChI=1S/C14H10F3NO2/c15-9-1-4-12(16)8(5-9)7-18-10-2-3-11(14(19)20)13(17)6-10/h1-6,18H,7H2,(H,19,20). The molecule has 0 heterocycles. The molecule has 0 aliphatic rings. The van der Waals surface area contributed by atoms with Gasteiger partial charge in [0, 0.05) is 17.8 Å². The van der Waals surface area contributed by atoms with Gasteiger partial charge in [-0.05, 0) is 36.4 Å². The zero-order valence-electron chi connectivity index (χ0n) is 10.2. The van der Waals surface area contributed by atoms with Gasteiger partial charge in [0.25, 0.3) is 0 Å². The molecule has 0 spiro atoms. The summed E-state index contributed by atoms with van der Waals surface area (Å²) >= 11 is 0. The summed E-state index contributed by atoms with van der Waals surface area (Å²) < 4.78 is 39.7. The SMILES string of the molecule is O=C(O)c1ccc(NCc2cc(F)ccc2F)cc1F. The molecule has 2 aromatic rings. The highest BCUT2D eigenvalue weighted by Crippen LogP contribution is 2.17. The maximum absolute atomic E-state index is 13.4. The minimum Gasteiger partial charge on any atom is -0.478 e. The molecule has 0 unspecified atom stereocenters. The number of nitrogens with one attached hydrogen (secondary N) is 1. The Morgan fingerprint density at radius 2 is 1.80 bits per heavy atom. The Hall–Kier alpha value is -2.50. The van der Waals surface area contributed by atoms with Crippen molar-refractivity contribution in [3.05, 3.63) is 65.0 Å². The summed E-state index contributed by atoms with van der Waals surface area (Å²) in [6.45, 7) is -0.0462. The van der Waals surface area contributed by atoms with Gasteiger partial charge in [0.05, 0.1) is 5.56 Å². The highest BCUT2D eigenvalue weighted by atomic mass is 19.1. The molecule has 0 aliphatic carbocycles. The lowest BCUT2D eigenvalue weighted by Crippen LogP contribution is -2.05. The van der Waals surface area contributed by atoms with Crippen molar-refractivity contribution in [3.8, 4) is 0 Å². The van der Waals surface area contributed by atoms with Crippen molar-refractivity contribution in [2.24, 2.45) is 0 Å². The minimum absolute atomic E-state index is 0.0462. The number of hydrogen-bond acceptors (Lipinski definition) is 2. The molecule has 0 aliphatic heterocycles. The second kappa shape index (κ2) is 5.64. The van der Waals surface area contributed by atoms with Gasteiger partial charge in [-0.25, -0.2) is 18.0 Å². The molecule has 0 saturated heterocycles. The zero-order valence-corrected chi connectivity index (χ0v) is 10.2. The van der Waals surface area contributed by atoms with E-state index >= 15 is 0 Å². The van der Waals surface area contributed by atoms with Gasteiger partial charge in [-0.3, -0.25) is 0 Å². The van der Waals surface area contributed by atoms with Gasteiger partial charge >= 0.3 is 5.97 Å². The van der Waals surface area contributed by atoms with Gasteiger partial charge in [-0.2, -0.15) is 0 Å². The van der Waals surface area contributed by atoms with Crippen LogP contribution in [0.5, 0.6) is 0 Å². The van der Waals surface area contributed by atoms with Crippen LogP contribution in [-0.4, -0.2) is 11.1 Å². The van der Waals surface area contributed by atoms with E-state index in [0.717, 1.165) is 30.3 Å². The number of halogens is 3. The molecule has 6 heteroatoms. The fourth-order valence-corrected chi connectivity index (χ4v) is 1.67. The molecule has 0 radical (unpaired) electrons. The number of carboxylic acids is 1. The lowest BCUT2D eigenvalue weighted by molar-refractivity contribution is 0.0692. The first kappa shape index (κ1) is 13.9. The number of hydrogen-bond donors (Lipinski definition) is 2. The Morgan fingerprint density at radius 1 is 1.05 bits per heavy atom. The predicted octanol–water partition coefficient (Wildman–Crippen LogP) is 3.41. The van der Waals surface area contributed by atoms with Crippen molar-refractivity contribution in [2.45, 2.75) is 6.54 Å². The summed E-state index contributed by atoms with van der Waals surface area (Å²) in [6, 6.07) is 6.47. The van der Waals surface area contributed by atoms with Crippen LogP contribution in [0.25, 0.3) is 0 Å². The number of anilines is 1. The summed E-state index contributed by atoms with van der Waals surface area (Å²) in [5.74, 6) is -3.43. The first-order valence-electron chi connectivity index (χ1n) is 5.68. The van der Waals surface area contributed by atoms with Crippen LogP contribution in [0.3, 0.4) is 0 Å². The quantitative estimate of drug-likeness (QED) is 0.902. The van der Waals surface area contributed by atoms with E-state index in [4.69, 9.17) is 5.11 Å². The van der Waals surface area contributed by atoms with Gasteiger partial charge in [0.15, 0.2) is 0 Å². The number of benzene rings is 2. The first-order chi connectivity index (χ1) is 9.47. The maximum atomic E-state index is 13.4. The highest BCUT2D eigenvalue weighted by Gasteiger charge is 2.10. The number of carbonyl (C=O) groups is 1. The summed E-state index contributed by atoms with van der Waals surface area (Å²) in [6.07, 6.45) is 0. The summed E-state index contributed by atoms with van der Waals surface area (Å²) in [4.78, 5) is 10.6. The van der Waals surface area contributed by atoms with E-state index in [1.807, 2.05) is 0 Å². The van der Waals surface area contributed by atoms with Gasteiger partial charge in [0.1, 0.15) is 17.5 Å². The van der Waals surface area contributed by atoms with Crippen molar-refractivity contribution < 1.29 is 23.1 Å². The number of carboxylic acid groups (broad SMARTS) is 1. The van der Waals surface area contributed by atoms with E-state index in [-0.39, 0.29) is 17.8 Å².